The summed E-state index contributed by atoms with van der Waals surface area (Å²) in [5, 5.41) is 0. The van der Waals surface area contributed by atoms with Gasteiger partial charge in [0.2, 0.25) is 10.0 Å². The first kappa shape index (κ1) is 20.7. The van der Waals surface area contributed by atoms with Gasteiger partial charge in [-0.3, -0.25) is 9.52 Å². The van der Waals surface area contributed by atoms with Crippen molar-refractivity contribution in [1.82, 2.24) is 4.90 Å². The SMILES string of the molecule is CCCS(=O)(=O)Nc1ccc(C(=O)N2CCC(OCCCN)CC2)cc1. The van der Waals surface area contributed by atoms with Crippen LogP contribution in [-0.2, 0) is 14.8 Å². The molecule has 0 saturated carbocycles. The zero-order valence-electron chi connectivity index (χ0n) is 15.3. The summed E-state index contributed by atoms with van der Waals surface area (Å²) in [7, 11) is -3.32. The van der Waals surface area contributed by atoms with Gasteiger partial charge in [0.05, 0.1) is 11.9 Å². The predicted octanol–water partition coefficient (Wildman–Crippen LogP) is 1.81. The lowest BCUT2D eigenvalue weighted by Crippen LogP contribution is -2.41. The number of rotatable bonds is 9. The molecule has 0 atom stereocenters. The minimum absolute atomic E-state index is 0.0339. The van der Waals surface area contributed by atoms with Crippen molar-refractivity contribution in [2.75, 3.05) is 36.7 Å². The van der Waals surface area contributed by atoms with E-state index in [1.165, 1.54) is 0 Å². The Morgan fingerprint density at radius 3 is 2.50 bits per heavy atom. The highest BCUT2D eigenvalue weighted by Gasteiger charge is 2.24. The van der Waals surface area contributed by atoms with Gasteiger partial charge in [0.25, 0.3) is 5.91 Å². The number of hydrogen-bond donors (Lipinski definition) is 2. The van der Waals surface area contributed by atoms with E-state index in [1.54, 1.807) is 24.3 Å². The van der Waals surface area contributed by atoms with Gasteiger partial charge in [0.15, 0.2) is 0 Å². The molecule has 1 heterocycles. The normalized spacial score (nSPS) is 15.8. The van der Waals surface area contributed by atoms with Crippen LogP contribution in [-0.4, -0.2) is 57.3 Å². The molecule has 26 heavy (non-hydrogen) atoms. The average Bonchev–Trinajstić information content (AvgIpc) is 2.62. The van der Waals surface area contributed by atoms with E-state index in [-0.39, 0.29) is 17.8 Å². The van der Waals surface area contributed by atoms with Crippen LogP contribution in [0.5, 0.6) is 0 Å². The Hall–Kier alpha value is -1.64. The summed E-state index contributed by atoms with van der Waals surface area (Å²) < 4.78 is 31.8. The van der Waals surface area contributed by atoms with Crippen LogP contribution in [0, 0.1) is 0 Å². The Kier molecular flexibility index (Phi) is 7.86. The molecule has 1 amide bonds. The number of nitrogens with zero attached hydrogens (tertiary/aromatic N) is 1. The number of likely N-dealkylation sites (tertiary alicyclic amines) is 1. The number of amides is 1. The number of sulfonamides is 1. The number of nitrogens with two attached hydrogens (primary N) is 1. The van der Waals surface area contributed by atoms with Gasteiger partial charge in [-0.05, 0) is 56.5 Å². The maximum Gasteiger partial charge on any atom is 0.253 e. The molecule has 0 aromatic heterocycles. The molecule has 1 aromatic carbocycles. The minimum Gasteiger partial charge on any atom is -0.378 e. The van der Waals surface area contributed by atoms with Gasteiger partial charge >= 0.3 is 0 Å². The highest BCUT2D eigenvalue weighted by molar-refractivity contribution is 7.92. The van der Waals surface area contributed by atoms with Crippen molar-refractivity contribution in [1.29, 1.82) is 0 Å². The molecule has 2 rings (SSSR count). The van der Waals surface area contributed by atoms with E-state index < -0.39 is 10.0 Å². The summed E-state index contributed by atoms with van der Waals surface area (Å²) in [4.78, 5) is 14.4. The topological polar surface area (TPSA) is 102 Å². The van der Waals surface area contributed by atoms with Gasteiger partial charge in [-0.15, -0.1) is 0 Å². The molecular weight excluding hydrogens is 354 g/mol. The fraction of sp³-hybridized carbons (Fsp3) is 0.611. The van der Waals surface area contributed by atoms with Crippen molar-refractivity contribution in [3.63, 3.8) is 0 Å². The Morgan fingerprint density at radius 2 is 1.92 bits per heavy atom. The van der Waals surface area contributed by atoms with Crippen LogP contribution < -0.4 is 10.5 Å². The van der Waals surface area contributed by atoms with Gasteiger partial charge in [0.1, 0.15) is 0 Å². The van der Waals surface area contributed by atoms with Crippen LogP contribution in [0.2, 0.25) is 0 Å². The third-order valence-corrected chi connectivity index (χ3v) is 5.80. The molecule has 3 N–H and O–H groups in total. The van der Waals surface area contributed by atoms with Gasteiger partial charge in [0, 0.05) is 30.9 Å². The van der Waals surface area contributed by atoms with E-state index in [1.807, 2.05) is 11.8 Å². The van der Waals surface area contributed by atoms with E-state index in [4.69, 9.17) is 10.5 Å². The van der Waals surface area contributed by atoms with Crippen molar-refractivity contribution in [2.45, 2.75) is 38.7 Å². The number of carbonyl (C=O) groups excluding carboxylic acids is 1. The van der Waals surface area contributed by atoms with Gasteiger partial charge in [-0.1, -0.05) is 6.92 Å². The lowest BCUT2D eigenvalue weighted by atomic mass is 10.1. The van der Waals surface area contributed by atoms with Gasteiger partial charge in [-0.2, -0.15) is 0 Å². The highest BCUT2D eigenvalue weighted by Crippen LogP contribution is 2.18. The monoisotopic (exact) mass is 383 g/mol. The molecule has 1 aliphatic rings. The second kappa shape index (κ2) is 9.89. The molecule has 0 unspecified atom stereocenters. The fourth-order valence-corrected chi connectivity index (χ4v) is 4.06. The third-order valence-electron chi connectivity index (χ3n) is 4.31. The summed E-state index contributed by atoms with van der Waals surface area (Å²) in [5.41, 5.74) is 6.49. The lowest BCUT2D eigenvalue weighted by molar-refractivity contribution is 0.00845. The van der Waals surface area contributed by atoms with Crippen molar-refractivity contribution >= 4 is 21.6 Å². The van der Waals surface area contributed by atoms with E-state index in [9.17, 15) is 13.2 Å². The van der Waals surface area contributed by atoms with Gasteiger partial charge in [-0.25, -0.2) is 8.42 Å². The number of ether oxygens (including phenoxy) is 1. The molecule has 7 nitrogen and oxygen atoms in total. The number of piperidine rings is 1. The van der Waals surface area contributed by atoms with Crippen LogP contribution >= 0.6 is 0 Å². The molecule has 0 radical (unpaired) electrons. The van der Waals surface area contributed by atoms with E-state index in [0.717, 1.165) is 19.3 Å². The third kappa shape index (κ3) is 6.26. The minimum atomic E-state index is -3.32. The van der Waals surface area contributed by atoms with Crippen LogP contribution in [0.3, 0.4) is 0 Å². The zero-order valence-corrected chi connectivity index (χ0v) is 16.1. The largest absolute Gasteiger partial charge is 0.378 e. The summed E-state index contributed by atoms with van der Waals surface area (Å²) in [6.07, 6.45) is 3.25. The second-order valence-electron chi connectivity index (χ2n) is 6.50. The van der Waals surface area contributed by atoms with E-state index >= 15 is 0 Å². The van der Waals surface area contributed by atoms with Gasteiger partial charge < -0.3 is 15.4 Å². The zero-order chi connectivity index (χ0) is 19.0. The first-order chi connectivity index (χ1) is 12.4. The molecule has 1 aliphatic heterocycles. The van der Waals surface area contributed by atoms with Crippen molar-refractivity contribution in [3.8, 4) is 0 Å². The van der Waals surface area contributed by atoms with E-state index in [0.29, 0.717) is 43.9 Å². The summed E-state index contributed by atoms with van der Waals surface area (Å²) in [6.45, 7) is 4.44. The van der Waals surface area contributed by atoms with Crippen LogP contribution in [0.4, 0.5) is 5.69 Å². The number of anilines is 1. The maximum atomic E-state index is 12.6. The molecule has 0 spiro atoms. The highest BCUT2D eigenvalue weighted by atomic mass is 32.2. The predicted molar refractivity (Wildman–Crippen MR) is 103 cm³/mol. The molecular formula is C18H29N3O4S. The van der Waals surface area contributed by atoms with Crippen LogP contribution in [0.25, 0.3) is 0 Å². The number of carbonyl (C=O) groups is 1. The lowest BCUT2D eigenvalue weighted by Gasteiger charge is -2.32. The van der Waals surface area contributed by atoms with Crippen molar-refractivity contribution in [2.24, 2.45) is 5.73 Å². The molecule has 0 bridgehead atoms. The standard InChI is InChI=1S/C18H29N3O4S/c1-2-14-26(23,24)20-16-6-4-15(5-7-16)18(22)21-11-8-17(9-12-21)25-13-3-10-19/h4-7,17,20H,2-3,8-14,19H2,1H3. The molecule has 1 aromatic rings. The molecule has 146 valence electrons. The number of benzene rings is 1. The summed E-state index contributed by atoms with van der Waals surface area (Å²) >= 11 is 0. The quantitative estimate of drug-likeness (QED) is 0.633. The Balaban J connectivity index is 1.86. The molecule has 8 heteroatoms. The molecule has 1 fully saturated rings. The Morgan fingerprint density at radius 1 is 1.27 bits per heavy atom. The van der Waals surface area contributed by atoms with E-state index in [2.05, 4.69) is 4.72 Å². The Labute approximate surface area is 155 Å². The van der Waals surface area contributed by atoms with Crippen molar-refractivity contribution < 1.29 is 17.9 Å². The first-order valence-corrected chi connectivity index (χ1v) is 10.8. The smallest absolute Gasteiger partial charge is 0.253 e. The van der Waals surface area contributed by atoms with Crippen molar-refractivity contribution in [3.05, 3.63) is 29.8 Å². The first-order valence-electron chi connectivity index (χ1n) is 9.16. The van der Waals surface area contributed by atoms with Crippen LogP contribution in [0.15, 0.2) is 24.3 Å². The maximum absolute atomic E-state index is 12.6. The molecule has 1 saturated heterocycles. The van der Waals surface area contributed by atoms with Crippen LogP contribution in [0.1, 0.15) is 43.0 Å². The summed E-state index contributed by atoms with van der Waals surface area (Å²) in [5.74, 6) is 0.0454. The Bertz CT molecular complexity index is 668. The second-order valence-corrected chi connectivity index (χ2v) is 8.34. The molecule has 0 aliphatic carbocycles. The number of hydrogen-bond acceptors (Lipinski definition) is 5. The summed E-state index contributed by atoms with van der Waals surface area (Å²) in [6, 6.07) is 6.58. The fourth-order valence-electron chi connectivity index (χ4n) is 2.92. The average molecular weight is 384 g/mol. The number of nitrogens with one attached hydrogen (secondary N) is 1.